The summed E-state index contributed by atoms with van der Waals surface area (Å²) in [6.45, 7) is 8.78. The van der Waals surface area contributed by atoms with Crippen LogP contribution in [-0.4, -0.2) is 28.0 Å². The molecule has 0 radical (unpaired) electrons. The van der Waals surface area contributed by atoms with E-state index in [1.807, 2.05) is 32.5 Å². The van der Waals surface area contributed by atoms with E-state index < -0.39 is 0 Å². The number of nitrogens with zero attached hydrogens (tertiary/aromatic N) is 2. The Kier molecular flexibility index (Phi) is 5.98. The van der Waals surface area contributed by atoms with Crippen molar-refractivity contribution in [3.05, 3.63) is 15.9 Å². The van der Waals surface area contributed by atoms with Crippen LogP contribution in [0.1, 0.15) is 39.1 Å². The molecule has 1 heterocycles. The molecule has 1 rings (SSSR count). The molecular formula is C13H25BrN4O. The monoisotopic (exact) mass is 332 g/mol. The average Bonchev–Trinajstić information content (AvgIpc) is 2.59. The first-order valence-corrected chi connectivity index (χ1v) is 7.38. The minimum Gasteiger partial charge on any atom is -0.374 e. The van der Waals surface area contributed by atoms with Gasteiger partial charge in [0.25, 0.3) is 0 Å². The predicted molar refractivity (Wildman–Crippen MR) is 80.8 cm³/mol. The van der Waals surface area contributed by atoms with E-state index in [1.54, 1.807) is 0 Å². The molecule has 19 heavy (non-hydrogen) atoms. The Hall–Kier alpha value is -0.430. The molecule has 0 saturated heterocycles. The Bertz CT molecular complexity index is 412. The fraction of sp³-hybridized carbons (Fsp3) is 0.769. The Morgan fingerprint density at radius 3 is 2.53 bits per heavy atom. The number of hydrogen-bond donors (Lipinski definition) is 2. The highest BCUT2D eigenvalue weighted by atomic mass is 79.9. The van der Waals surface area contributed by atoms with Crippen molar-refractivity contribution in [1.82, 2.24) is 15.2 Å². The van der Waals surface area contributed by atoms with E-state index in [0.29, 0.717) is 6.61 Å². The van der Waals surface area contributed by atoms with Crippen molar-refractivity contribution in [2.24, 2.45) is 12.9 Å². The van der Waals surface area contributed by atoms with Gasteiger partial charge in [-0.3, -0.25) is 16.0 Å². The first-order chi connectivity index (χ1) is 8.78. The third-order valence-electron chi connectivity index (χ3n) is 2.90. The first-order valence-electron chi connectivity index (χ1n) is 6.58. The Morgan fingerprint density at radius 1 is 1.47 bits per heavy atom. The van der Waals surface area contributed by atoms with E-state index in [1.165, 1.54) is 0 Å². The second-order valence-corrected chi connectivity index (χ2v) is 6.47. The van der Waals surface area contributed by atoms with Crippen LogP contribution in [0.4, 0.5) is 0 Å². The number of hydrazine groups is 1. The van der Waals surface area contributed by atoms with Crippen LogP contribution >= 0.6 is 15.9 Å². The lowest BCUT2D eigenvalue weighted by atomic mass is 10.1. The van der Waals surface area contributed by atoms with Gasteiger partial charge >= 0.3 is 0 Å². The van der Waals surface area contributed by atoms with Crippen LogP contribution in [0.25, 0.3) is 0 Å². The maximum absolute atomic E-state index is 5.78. The molecular weight excluding hydrogens is 308 g/mol. The van der Waals surface area contributed by atoms with Gasteiger partial charge in [-0.25, -0.2) is 0 Å². The highest BCUT2D eigenvalue weighted by Gasteiger charge is 2.19. The van der Waals surface area contributed by atoms with Gasteiger partial charge in [-0.2, -0.15) is 5.10 Å². The van der Waals surface area contributed by atoms with E-state index >= 15 is 0 Å². The van der Waals surface area contributed by atoms with Crippen LogP contribution in [0.5, 0.6) is 0 Å². The summed E-state index contributed by atoms with van der Waals surface area (Å²) in [5.41, 5.74) is 4.87. The number of aromatic nitrogens is 2. The molecule has 0 aliphatic rings. The average molecular weight is 333 g/mol. The maximum atomic E-state index is 5.78. The van der Waals surface area contributed by atoms with Gasteiger partial charge in [-0.15, -0.1) is 0 Å². The summed E-state index contributed by atoms with van der Waals surface area (Å²) >= 11 is 3.62. The molecule has 5 nitrogen and oxygen atoms in total. The molecule has 0 aromatic carbocycles. The van der Waals surface area contributed by atoms with Gasteiger partial charge in [-0.05, 0) is 43.1 Å². The molecule has 0 saturated carbocycles. The fourth-order valence-electron chi connectivity index (χ4n) is 1.79. The Morgan fingerprint density at radius 2 is 2.11 bits per heavy atom. The van der Waals surface area contributed by atoms with E-state index in [-0.39, 0.29) is 11.6 Å². The van der Waals surface area contributed by atoms with E-state index in [4.69, 9.17) is 10.6 Å². The van der Waals surface area contributed by atoms with Crippen LogP contribution in [0.3, 0.4) is 0 Å². The highest BCUT2D eigenvalue weighted by molar-refractivity contribution is 9.10. The molecule has 3 N–H and O–H groups in total. The van der Waals surface area contributed by atoms with E-state index in [9.17, 15) is 0 Å². The van der Waals surface area contributed by atoms with Gasteiger partial charge in [0.05, 0.1) is 34.1 Å². The van der Waals surface area contributed by atoms with Crippen molar-refractivity contribution in [2.75, 3.05) is 6.61 Å². The first kappa shape index (κ1) is 16.6. The molecule has 6 heteroatoms. The number of aryl methyl sites for hydroxylation is 2. The van der Waals surface area contributed by atoms with Gasteiger partial charge < -0.3 is 4.74 Å². The topological polar surface area (TPSA) is 65.1 Å². The fourth-order valence-corrected chi connectivity index (χ4v) is 2.57. The summed E-state index contributed by atoms with van der Waals surface area (Å²) in [6.07, 6.45) is 1.68. The predicted octanol–water partition coefficient (Wildman–Crippen LogP) is 1.93. The minimum atomic E-state index is -0.159. The zero-order valence-electron chi connectivity index (χ0n) is 12.5. The van der Waals surface area contributed by atoms with Crippen LogP contribution in [0, 0.1) is 0 Å². The molecule has 1 aromatic heterocycles. The Balaban J connectivity index is 2.73. The van der Waals surface area contributed by atoms with Crippen molar-refractivity contribution in [3.63, 3.8) is 0 Å². The quantitative estimate of drug-likeness (QED) is 0.617. The van der Waals surface area contributed by atoms with Crippen LogP contribution in [-0.2, 0) is 24.6 Å². The smallest absolute Gasteiger partial charge is 0.0766 e. The molecule has 0 spiro atoms. The minimum absolute atomic E-state index is 0.0654. The molecule has 1 atom stereocenters. The molecule has 1 aromatic rings. The van der Waals surface area contributed by atoms with E-state index in [0.717, 1.165) is 28.7 Å². The van der Waals surface area contributed by atoms with Crippen molar-refractivity contribution < 1.29 is 4.74 Å². The largest absolute Gasteiger partial charge is 0.374 e. The molecule has 0 amide bonds. The zero-order valence-corrected chi connectivity index (χ0v) is 14.0. The lowest BCUT2D eigenvalue weighted by Crippen LogP contribution is -2.42. The zero-order chi connectivity index (χ0) is 14.6. The summed E-state index contributed by atoms with van der Waals surface area (Å²) in [5.74, 6) is 5.61. The number of rotatable bonds is 6. The number of hydrogen-bond acceptors (Lipinski definition) is 4. The molecule has 0 bridgehead atoms. The van der Waals surface area contributed by atoms with Gasteiger partial charge in [0, 0.05) is 13.5 Å². The van der Waals surface area contributed by atoms with Crippen molar-refractivity contribution in [1.29, 1.82) is 0 Å². The van der Waals surface area contributed by atoms with Crippen LogP contribution in [0.15, 0.2) is 4.47 Å². The summed E-state index contributed by atoms with van der Waals surface area (Å²) < 4.78 is 8.76. The third-order valence-corrected chi connectivity index (χ3v) is 3.81. The summed E-state index contributed by atoms with van der Waals surface area (Å²) in [7, 11) is 1.96. The van der Waals surface area contributed by atoms with Crippen LogP contribution in [0.2, 0.25) is 0 Å². The SMILES string of the molecule is CCc1nn(C)c(CC(COC(C)(C)C)NN)c1Br. The number of nitrogens with two attached hydrogens (primary N) is 1. The van der Waals surface area contributed by atoms with Crippen molar-refractivity contribution in [3.8, 4) is 0 Å². The van der Waals surface area contributed by atoms with Gasteiger partial charge in [0.2, 0.25) is 0 Å². The van der Waals surface area contributed by atoms with Crippen molar-refractivity contribution in [2.45, 2.75) is 52.2 Å². The molecule has 110 valence electrons. The molecule has 0 fully saturated rings. The van der Waals surface area contributed by atoms with Gasteiger partial charge in [0.1, 0.15) is 0 Å². The van der Waals surface area contributed by atoms with Crippen molar-refractivity contribution >= 4 is 15.9 Å². The van der Waals surface area contributed by atoms with E-state index in [2.05, 4.69) is 33.4 Å². The van der Waals surface area contributed by atoms with Gasteiger partial charge in [0.15, 0.2) is 0 Å². The number of nitrogens with one attached hydrogen (secondary N) is 1. The summed E-state index contributed by atoms with van der Waals surface area (Å²) in [4.78, 5) is 0. The summed E-state index contributed by atoms with van der Waals surface area (Å²) in [5, 5.41) is 4.49. The molecule has 0 aliphatic heterocycles. The van der Waals surface area contributed by atoms with Crippen LogP contribution < -0.4 is 11.3 Å². The lowest BCUT2D eigenvalue weighted by Gasteiger charge is -2.24. The third kappa shape index (κ3) is 4.87. The second kappa shape index (κ2) is 6.83. The molecule has 0 aliphatic carbocycles. The second-order valence-electron chi connectivity index (χ2n) is 5.68. The maximum Gasteiger partial charge on any atom is 0.0766 e. The summed E-state index contributed by atoms with van der Waals surface area (Å²) in [6, 6.07) is 0.0654. The Labute approximate surface area is 124 Å². The molecule has 1 unspecified atom stereocenters. The number of halogens is 1. The highest BCUT2D eigenvalue weighted by Crippen LogP contribution is 2.23. The normalized spacial score (nSPS) is 13.8. The standard InChI is InChI=1S/C13H25BrN4O/c1-6-10-12(14)11(18(5)17-10)7-9(16-15)8-19-13(2,3)4/h9,16H,6-8,15H2,1-5H3. The lowest BCUT2D eigenvalue weighted by molar-refractivity contribution is -0.0145. The number of ether oxygens (including phenoxy) is 1. The van der Waals surface area contributed by atoms with Gasteiger partial charge in [-0.1, -0.05) is 6.92 Å².